The van der Waals surface area contributed by atoms with Gasteiger partial charge in [-0.05, 0) is 20.8 Å². The zero-order chi connectivity index (χ0) is 13.1. The van der Waals surface area contributed by atoms with E-state index < -0.39 is 5.60 Å². The fraction of sp³-hybridized carbons (Fsp3) is 0.700. The quantitative estimate of drug-likeness (QED) is 0.752. The van der Waals surface area contributed by atoms with Crippen LogP contribution in [0, 0.1) is 0 Å². The molecule has 0 bridgehead atoms. The molecule has 0 fully saturated rings. The maximum atomic E-state index is 9.72. The summed E-state index contributed by atoms with van der Waals surface area (Å²) in [6.45, 7) is 6.08. The molecule has 0 amide bonds. The Bertz CT molecular complexity index is 377. The van der Waals surface area contributed by atoms with Crippen LogP contribution in [0.15, 0.2) is 0 Å². The molecule has 0 unspecified atom stereocenters. The van der Waals surface area contributed by atoms with Crippen LogP contribution in [0.4, 0.5) is 11.9 Å². The molecular formula is C10H19N5O2. The third-order valence-electron chi connectivity index (χ3n) is 1.86. The standard InChI is InChI=1S/C10H19N5O2/c1-5-17-9-13-7(11)12-8(14-9)15(4)6-10(2,3)16/h16H,5-6H2,1-4H3,(H2,11,12,13,14). The van der Waals surface area contributed by atoms with Crippen LogP contribution in [-0.4, -0.2) is 45.9 Å². The lowest BCUT2D eigenvalue weighted by molar-refractivity contribution is 0.0882. The topological polar surface area (TPSA) is 97.4 Å². The molecule has 0 saturated heterocycles. The van der Waals surface area contributed by atoms with Crippen molar-refractivity contribution in [1.82, 2.24) is 15.0 Å². The average molecular weight is 241 g/mol. The lowest BCUT2D eigenvalue weighted by Crippen LogP contribution is -2.37. The molecule has 96 valence electrons. The predicted octanol–water partition coefficient (Wildman–Crippen LogP) is 0.0596. The highest BCUT2D eigenvalue weighted by atomic mass is 16.5. The van der Waals surface area contributed by atoms with Gasteiger partial charge in [-0.25, -0.2) is 0 Å². The van der Waals surface area contributed by atoms with E-state index in [1.165, 1.54) is 0 Å². The number of aliphatic hydroxyl groups is 1. The molecule has 0 aliphatic rings. The van der Waals surface area contributed by atoms with E-state index in [1.807, 2.05) is 6.92 Å². The Kier molecular flexibility index (Phi) is 4.06. The minimum Gasteiger partial charge on any atom is -0.464 e. The SMILES string of the molecule is CCOc1nc(N)nc(N(C)CC(C)(C)O)n1. The van der Waals surface area contributed by atoms with Crippen molar-refractivity contribution in [3.05, 3.63) is 0 Å². The number of nitrogen functional groups attached to an aromatic ring is 1. The summed E-state index contributed by atoms with van der Waals surface area (Å²) in [4.78, 5) is 13.6. The van der Waals surface area contributed by atoms with Crippen molar-refractivity contribution < 1.29 is 9.84 Å². The molecule has 1 aromatic rings. The molecule has 1 rings (SSSR count). The molecule has 0 atom stereocenters. The van der Waals surface area contributed by atoms with Gasteiger partial charge in [-0.3, -0.25) is 0 Å². The van der Waals surface area contributed by atoms with Crippen LogP contribution in [0.2, 0.25) is 0 Å². The van der Waals surface area contributed by atoms with Gasteiger partial charge in [-0.1, -0.05) is 0 Å². The zero-order valence-electron chi connectivity index (χ0n) is 10.6. The van der Waals surface area contributed by atoms with E-state index in [2.05, 4.69) is 15.0 Å². The Hall–Kier alpha value is -1.63. The summed E-state index contributed by atoms with van der Waals surface area (Å²) in [7, 11) is 1.77. The van der Waals surface area contributed by atoms with Crippen LogP contribution >= 0.6 is 0 Å². The highest BCUT2D eigenvalue weighted by Gasteiger charge is 2.18. The van der Waals surface area contributed by atoms with Gasteiger partial charge in [-0.2, -0.15) is 15.0 Å². The highest BCUT2D eigenvalue weighted by Crippen LogP contribution is 2.14. The number of nitrogens with zero attached hydrogens (tertiary/aromatic N) is 4. The molecule has 0 radical (unpaired) electrons. The van der Waals surface area contributed by atoms with E-state index in [1.54, 1.807) is 25.8 Å². The van der Waals surface area contributed by atoms with E-state index in [4.69, 9.17) is 10.5 Å². The fourth-order valence-corrected chi connectivity index (χ4v) is 1.38. The Balaban J connectivity index is 2.89. The molecule has 0 aliphatic carbocycles. The van der Waals surface area contributed by atoms with Gasteiger partial charge in [0.1, 0.15) is 0 Å². The molecule has 0 aromatic carbocycles. The third-order valence-corrected chi connectivity index (χ3v) is 1.86. The first-order chi connectivity index (χ1) is 7.81. The largest absolute Gasteiger partial charge is 0.464 e. The van der Waals surface area contributed by atoms with Crippen molar-refractivity contribution in [2.75, 3.05) is 30.8 Å². The van der Waals surface area contributed by atoms with Crippen molar-refractivity contribution in [2.24, 2.45) is 0 Å². The Labute approximate surface area is 101 Å². The Morgan fingerprint density at radius 3 is 2.53 bits per heavy atom. The number of hydrogen-bond donors (Lipinski definition) is 2. The van der Waals surface area contributed by atoms with Gasteiger partial charge in [0, 0.05) is 13.6 Å². The summed E-state index contributed by atoms with van der Waals surface area (Å²) in [5.41, 5.74) is 4.71. The van der Waals surface area contributed by atoms with Crippen molar-refractivity contribution in [3.63, 3.8) is 0 Å². The Morgan fingerprint density at radius 2 is 2.00 bits per heavy atom. The number of hydrogen-bond acceptors (Lipinski definition) is 7. The molecule has 1 aromatic heterocycles. The van der Waals surface area contributed by atoms with Crippen molar-refractivity contribution in [2.45, 2.75) is 26.4 Å². The van der Waals surface area contributed by atoms with Gasteiger partial charge in [0.25, 0.3) is 0 Å². The normalized spacial score (nSPS) is 11.4. The summed E-state index contributed by atoms with van der Waals surface area (Å²) < 4.78 is 5.18. The van der Waals surface area contributed by atoms with Gasteiger partial charge < -0.3 is 20.5 Å². The van der Waals surface area contributed by atoms with Crippen LogP contribution in [0.1, 0.15) is 20.8 Å². The third kappa shape index (κ3) is 4.39. The number of rotatable bonds is 5. The first-order valence-corrected chi connectivity index (χ1v) is 5.39. The summed E-state index contributed by atoms with van der Waals surface area (Å²) in [5.74, 6) is 0.476. The summed E-state index contributed by atoms with van der Waals surface area (Å²) in [6.07, 6.45) is 0. The summed E-state index contributed by atoms with van der Waals surface area (Å²) in [5, 5.41) is 9.72. The first-order valence-electron chi connectivity index (χ1n) is 5.39. The predicted molar refractivity (Wildman–Crippen MR) is 65.0 cm³/mol. The molecule has 7 nitrogen and oxygen atoms in total. The van der Waals surface area contributed by atoms with Gasteiger partial charge >= 0.3 is 6.01 Å². The monoisotopic (exact) mass is 241 g/mol. The first kappa shape index (κ1) is 13.4. The van der Waals surface area contributed by atoms with Crippen LogP contribution in [0.5, 0.6) is 6.01 Å². The second-order valence-electron chi connectivity index (χ2n) is 4.38. The highest BCUT2D eigenvalue weighted by molar-refractivity contribution is 5.35. The number of nitrogens with two attached hydrogens (primary N) is 1. The van der Waals surface area contributed by atoms with Crippen LogP contribution < -0.4 is 15.4 Å². The molecule has 0 spiro atoms. The maximum Gasteiger partial charge on any atom is 0.323 e. The van der Waals surface area contributed by atoms with E-state index in [0.29, 0.717) is 19.1 Å². The van der Waals surface area contributed by atoms with Crippen LogP contribution in [-0.2, 0) is 0 Å². The van der Waals surface area contributed by atoms with Crippen LogP contribution in [0.25, 0.3) is 0 Å². The van der Waals surface area contributed by atoms with E-state index in [0.717, 1.165) is 0 Å². The second-order valence-corrected chi connectivity index (χ2v) is 4.38. The molecule has 3 N–H and O–H groups in total. The number of aromatic nitrogens is 3. The van der Waals surface area contributed by atoms with Gasteiger partial charge in [0.15, 0.2) is 0 Å². The average Bonchev–Trinajstić information content (AvgIpc) is 2.14. The molecule has 1 heterocycles. The summed E-state index contributed by atoms with van der Waals surface area (Å²) >= 11 is 0. The molecule has 0 saturated carbocycles. The summed E-state index contributed by atoms with van der Waals surface area (Å²) in [6, 6.07) is 0.192. The van der Waals surface area contributed by atoms with E-state index in [-0.39, 0.29) is 12.0 Å². The second kappa shape index (κ2) is 5.13. The Morgan fingerprint density at radius 1 is 1.35 bits per heavy atom. The van der Waals surface area contributed by atoms with Gasteiger partial charge in [0.2, 0.25) is 11.9 Å². The zero-order valence-corrected chi connectivity index (χ0v) is 10.6. The lowest BCUT2D eigenvalue weighted by atomic mass is 10.1. The van der Waals surface area contributed by atoms with E-state index in [9.17, 15) is 5.11 Å². The van der Waals surface area contributed by atoms with Gasteiger partial charge in [-0.15, -0.1) is 0 Å². The van der Waals surface area contributed by atoms with Gasteiger partial charge in [0.05, 0.1) is 12.2 Å². The molecular weight excluding hydrogens is 222 g/mol. The number of likely N-dealkylation sites (N-methyl/N-ethyl adjacent to an activating group) is 1. The molecule has 7 heteroatoms. The van der Waals surface area contributed by atoms with Crippen molar-refractivity contribution in [3.8, 4) is 6.01 Å². The minimum atomic E-state index is -0.845. The smallest absolute Gasteiger partial charge is 0.323 e. The van der Waals surface area contributed by atoms with Crippen molar-refractivity contribution >= 4 is 11.9 Å². The maximum absolute atomic E-state index is 9.72. The fourth-order valence-electron chi connectivity index (χ4n) is 1.38. The number of ether oxygens (including phenoxy) is 1. The van der Waals surface area contributed by atoms with Crippen molar-refractivity contribution in [1.29, 1.82) is 0 Å². The van der Waals surface area contributed by atoms with Crippen LogP contribution in [0.3, 0.4) is 0 Å². The number of anilines is 2. The molecule has 0 aliphatic heterocycles. The lowest BCUT2D eigenvalue weighted by Gasteiger charge is -2.25. The minimum absolute atomic E-state index is 0.0982. The molecule has 17 heavy (non-hydrogen) atoms. The van der Waals surface area contributed by atoms with E-state index >= 15 is 0 Å².